The van der Waals surface area contributed by atoms with E-state index in [4.69, 9.17) is 20.0 Å². The molecule has 4 N–H and O–H groups in total. The summed E-state index contributed by atoms with van der Waals surface area (Å²) >= 11 is 1.72. The molecule has 2 aliphatic heterocycles. The van der Waals surface area contributed by atoms with Crippen LogP contribution in [0.25, 0.3) is 33.6 Å². The number of aromatic amines is 2. The molecule has 16 heteroatoms. The van der Waals surface area contributed by atoms with Gasteiger partial charge < -0.3 is 39.5 Å². The van der Waals surface area contributed by atoms with Crippen LogP contribution in [0, 0.1) is 29.1 Å². The van der Waals surface area contributed by atoms with Gasteiger partial charge in [-0.3, -0.25) is 15.0 Å². The molecule has 0 bridgehead atoms. The number of hydrogen-bond donors (Lipinski definition) is 4. The average Bonchev–Trinajstić information content (AvgIpc) is 4.07. The lowest BCUT2D eigenvalue weighted by atomic mass is 9.95. The van der Waals surface area contributed by atoms with E-state index in [1.54, 1.807) is 29.1 Å². The van der Waals surface area contributed by atoms with E-state index in [1.165, 1.54) is 7.11 Å². The number of amides is 3. The summed E-state index contributed by atoms with van der Waals surface area (Å²) < 4.78 is 4.79. The minimum absolute atomic E-state index is 0.0101. The first-order valence-electron chi connectivity index (χ1n) is 19.5. The predicted molar refractivity (Wildman–Crippen MR) is 220 cm³/mol. The molecule has 58 heavy (non-hydrogen) atoms. The highest BCUT2D eigenvalue weighted by Crippen LogP contribution is 2.38. The van der Waals surface area contributed by atoms with Crippen LogP contribution in [0.15, 0.2) is 60.9 Å². The van der Waals surface area contributed by atoms with Crippen LogP contribution in [-0.2, 0) is 28.9 Å². The second-order valence-electron chi connectivity index (χ2n) is 15.5. The number of carbonyl (C=O) groups excluding carboxylic acids is 4. The van der Waals surface area contributed by atoms with Crippen molar-refractivity contribution in [3.8, 4) is 33.6 Å². The third-order valence-electron chi connectivity index (χ3n) is 11.1. The lowest BCUT2D eigenvalue weighted by molar-refractivity contribution is -0.229. The summed E-state index contributed by atoms with van der Waals surface area (Å²) in [4.78, 5) is 80.8. The van der Waals surface area contributed by atoms with Crippen LogP contribution >= 0.6 is 11.8 Å². The first kappa shape index (κ1) is 42.1. The Morgan fingerprint density at radius 1 is 0.845 bits per heavy atom. The van der Waals surface area contributed by atoms with Crippen molar-refractivity contribution >= 4 is 42.4 Å². The van der Waals surface area contributed by atoms with Gasteiger partial charge >= 0.3 is 6.09 Å². The summed E-state index contributed by atoms with van der Waals surface area (Å²) in [5, 5.41) is 9.98. The molecular weight excluding hydrogens is 761 g/mol. The Bertz CT molecular complexity index is 2050. The fraction of sp³-hybridized carbons (Fsp3) is 0.452. The maximum Gasteiger partial charge on any atom is 0.407 e. The number of carbonyl (C=O) groups is 4. The van der Waals surface area contributed by atoms with Crippen molar-refractivity contribution in [1.82, 2.24) is 35.1 Å². The number of hydrogen-bond acceptors (Lipinski definition) is 11. The van der Waals surface area contributed by atoms with Gasteiger partial charge in [-0.15, -0.1) is 0 Å². The Labute approximate surface area is 342 Å². The van der Waals surface area contributed by atoms with Crippen LogP contribution in [0.5, 0.6) is 0 Å². The van der Waals surface area contributed by atoms with Crippen LogP contribution in [0.1, 0.15) is 64.3 Å². The first-order chi connectivity index (χ1) is 28.0. The monoisotopic (exact) mass is 812 g/mol. The minimum atomic E-state index is -0.717. The number of alkyl carbamates (subject to hydrolysis) is 1. The second-order valence-corrected chi connectivity index (χ2v) is 16.6. The SMILES string of the molecule is COC(=O)N[C@H](C(=O)N1C[C@@H](SC)C[C@H]1c1ncc(-c2ccc(-c3ccc(-c4cnc([C@@H]5C[C@H](C=O)CN5C(=O)[C@@H](COOC=N)C(C)C)[nH]4)cc3)cc2)[nH]1)C(C)C. The zero-order chi connectivity index (χ0) is 41.5. The van der Waals surface area contributed by atoms with Crippen molar-refractivity contribution in [3.63, 3.8) is 0 Å². The Kier molecular flexibility index (Phi) is 13.7. The van der Waals surface area contributed by atoms with Gasteiger partial charge in [0.1, 0.15) is 30.6 Å². The summed E-state index contributed by atoms with van der Waals surface area (Å²) in [7, 11) is 1.29. The quantitative estimate of drug-likeness (QED) is 0.0244. The smallest absolute Gasteiger partial charge is 0.407 e. The van der Waals surface area contributed by atoms with Gasteiger partial charge in [-0.2, -0.15) is 16.6 Å². The summed E-state index contributed by atoms with van der Waals surface area (Å²) in [6, 6.07) is 14.9. The van der Waals surface area contributed by atoms with E-state index in [1.807, 2.05) is 75.2 Å². The van der Waals surface area contributed by atoms with Gasteiger partial charge in [0.05, 0.1) is 48.9 Å². The Morgan fingerprint density at radius 2 is 1.38 bits per heavy atom. The molecule has 4 heterocycles. The largest absolute Gasteiger partial charge is 0.453 e. The minimum Gasteiger partial charge on any atom is -0.453 e. The number of rotatable bonds is 16. The van der Waals surface area contributed by atoms with Crippen molar-refractivity contribution in [2.45, 2.75) is 63.9 Å². The molecule has 2 saturated heterocycles. The maximum absolute atomic E-state index is 13.8. The molecule has 3 amide bonds. The molecule has 0 spiro atoms. The van der Waals surface area contributed by atoms with E-state index in [0.29, 0.717) is 37.6 Å². The number of thioether (sulfide) groups is 1. The molecule has 6 rings (SSSR count). The number of nitrogens with one attached hydrogen (secondary N) is 4. The number of ether oxygens (including phenoxy) is 1. The fourth-order valence-corrected chi connectivity index (χ4v) is 8.40. The van der Waals surface area contributed by atoms with Crippen molar-refractivity contribution in [2.75, 3.05) is 33.1 Å². The predicted octanol–water partition coefficient (Wildman–Crippen LogP) is 6.44. The number of aldehydes is 1. The van der Waals surface area contributed by atoms with Crippen molar-refractivity contribution in [3.05, 3.63) is 72.6 Å². The summed E-state index contributed by atoms with van der Waals surface area (Å²) in [5.41, 5.74) is 5.57. The number of methoxy groups -OCH3 is 1. The van der Waals surface area contributed by atoms with Crippen LogP contribution in [0.4, 0.5) is 4.79 Å². The molecule has 4 aromatic rings. The third kappa shape index (κ3) is 9.28. The molecule has 2 aromatic carbocycles. The molecule has 0 saturated carbocycles. The van der Waals surface area contributed by atoms with Gasteiger partial charge in [0.25, 0.3) is 0 Å². The highest BCUT2D eigenvalue weighted by atomic mass is 32.2. The lowest BCUT2D eigenvalue weighted by Gasteiger charge is -2.30. The fourth-order valence-electron chi connectivity index (χ4n) is 7.72. The molecule has 308 valence electrons. The highest BCUT2D eigenvalue weighted by Gasteiger charge is 2.42. The van der Waals surface area contributed by atoms with Gasteiger partial charge in [-0.05, 0) is 53.2 Å². The number of H-pyrrole nitrogens is 2. The molecule has 0 aliphatic carbocycles. The maximum atomic E-state index is 13.8. The van der Waals surface area contributed by atoms with Crippen LogP contribution in [-0.4, -0.2) is 105 Å². The van der Waals surface area contributed by atoms with Gasteiger partial charge in [0.15, 0.2) is 0 Å². The molecule has 0 unspecified atom stereocenters. The molecule has 6 atom stereocenters. The number of aromatic nitrogens is 4. The molecule has 2 aromatic heterocycles. The molecule has 2 aliphatic rings. The zero-order valence-corrected chi connectivity index (χ0v) is 34.5. The van der Waals surface area contributed by atoms with Crippen molar-refractivity contribution in [2.24, 2.45) is 23.7 Å². The first-order valence-corrected chi connectivity index (χ1v) is 20.8. The average molecular weight is 813 g/mol. The third-order valence-corrected chi connectivity index (χ3v) is 12.1. The van der Waals surface area contributed by atoms with Crippen molar-refractivity contribution in [1.29, 1.82) is 5.41 Å². The van der Waals surface area contributed by atoms with E-state index in [9.17, 15) is 19.2 Å². The topological polar surface area (TPSA) is 196 Å². The van der Waals surface area contributed by atoms with E-state index in [0.717, 1.165) is 46.3 Å². The number of imidazole rings is 2. The molecular formula is C42H52N8O7S. The lowest BCUT2D eigenvalue weighted by Crippen LogP contribution is -2.51. The summed E-state index contributed by atoms with van der Waals surface area (Å²) in [6.45, 7) is 8.49. The molecule has 0 radical (unpaired) electrons. The molecule has 2 fully saturated rings. The zero-order valence-electron chi connectivity index (χ0n) is 33.6. The molecule has 15 nitrogen and oxygen atoms in total. The van der Waals surface area contributed by atoms with Gasteiger partial charge in [0, 0.05) is 24.3 Å². The Balaban J connectivity index is 1.13. The van der Waals surface area contributed by atoms with Crippen molar-refractivity contribution < 1.29 is 33.7 Å². The number of benzene rings is 2. The van der Waals surface area contributed by atoms with Crippen LogP contribution in [0.2, 0.25) is 0 Å². The Morgan fingerprint density at radius 3 is 1.86 bits per heavy atom. The number of likely N-dealkylation sites (tertiary alicyclic amines) is 2. The number of nitrogens with zero attached hydrogens (tertiary/aromatic N) is 4. The normalized spacial score (nSPS) is 20.3. The van der Waals surface area contributed by atoms with E-state index < -0.39 is 24.1 Å². The van der Waals surface area contributed by atoms with Crippen LogP contribution < -0.4 is 5.32 Å². The van der Waals surface area contributed by atoms with Gasteiger partial charge in [-0.25, -0.2) is 14.8 Å². The van der Waals surface area contributed by atoms with E-state index in [-0.39, 0.29) is 47.5 Å². The second kappa shape index (κ2) is 18.9. The van der Waals surface area contributed by atoms with E-state index >= 15 is 0 Å². The summed E-state index contributed by atoms with van der Waals surface area (Å²) in [5.74, 6) is 0.00198. The Hall–Kier alpha value is -5.48. The van der Waals surface area contributed by atoms with Crippen LogP contribution in [0.3, 0.4) is 0 Å². The van der Waals surface area contributed by atoms with Gasteiger partial charge in [-0.1, -0.05) is 76.2 Å². The standard InChI is InChI=1S/C42H52N8O7S/c1-24(2)32(22-56-57-23-43)40(52)49-19-26(21-51)15-35(49)38-44-17-33(46-38)29-11-7-27(8-12-29)28-9-13-30(14-10-28)34-18-45-39(47-34)36-16-31(58-6)20-50(36)41(53)37(25(3)4)48-42(54)55-5/h7-14,17-18,21,23-26,31-32,35-37,43H,15-16,19-20,22H2,1-6H3,(H,44,46)(H,45,47)(H,48,54)/t26-,31-,32-,35-,36-,37-/m0/s1. The van der Waals surface area contributed by atoms with Gasteiger partial charge in [0.2, 0.25) is 18.2 Å². The summed E-state index contributed by atoms with van der Waals surface area (Å²) in [6.07, 6.45) is 7.73. The van der Waals surface area contributed by atoms with E-state index in [2.05, 4.69) is 37.3 Å². The highest BCUT2D eigenvalue weighted by molar-refractivity contribution is 7.99.